The monoisotopic (exact) mass is 399 g/mol. The average Bonchev–Trinajstić information content (AvgIpc) is 2.68. The quantitative estimate of drug-likeness (QED) is 0.556. The first-order chi connectivity index (χ1) is 13.8. The molecule has 0 aromatic heterocycles. The molecule has 29 heavy (non-hydrogen) atoms. The Hall–Kier alpha value is -2.00. The zero-order valence-corrected chi connectivity index (χ0v) is 19.6. The van der Waals surface area contributed by atoms with E-state index in [1.807, 2.05) is 36.4 Å². The number of aromatic hydroxyl groups is 1. The SMILES string of the molecule is CCC.CCN(CC)CCOc1ccccc1Cc1cccc(C(C)(C)C)c1O. The number of nitrogens with zero attached hydrogens (tertiary/aromatic N) is 1. The van der Waals surface area contributed by atoms with Crippen LogP contribution in [0.15, 0.2) is 42.5 Å². The molecule has 0 fully saturated rings. The van der Waals surface area contributed by atoms with E-state index in [4.69, 9.17) is 4.74 Å². The number of benzene rings is 2. The number of phenols is 1. The lowest BCUT2D eigenvalue weighted by molar-refractivity contribution is 0.222. The summed E-state index contributed by atoms with van der Waals surface area (Å²) in [6.45, 7) is 18.6. The molecule has 0 atom stereocenters. The maximum Gasteiger partial charge on any atom is 0.122 e. The van der Waals surface area contributed by atoms with E-state index >= 15 is 0 Å². The van der Waals surface area contributed by atoms with Gasteiger partial charge in [0.15, 0.2) is 0 Å². The Morgan fingerprint density at radius 2 is 1.45 bits per heavy atom. The van der Waals surface area contributed by atoms with Crippen molar-refractivity contribution >= 4 is 0 Å². The molecule has 1 N–H and O–H groups in total. The molecule has 2 aromatic rings. The molecule has 0 saturated heterocycles. The van der Waals surface area contributed by atoms with Crippen molar-refractivity contribution in [1.29, 1.82) is 0 Å². The molecule has 162 valence electrons. The molecule has 0 amide bonds. The summed E-state index contributed by atoms with van der Waals surface area (Å²) >= 11 is 0. The molecule has 0 aliphatic heterocycles. The van der Waals surface area contributed by atoms with Crippen LogP contribution in [0.4, 0.5) is 0 Å². The van der Waals surface area contributed by atoms with Gasteiger partial charge in [0.1, 0.15) is 18.1 Å². The van der Waals surface area contributed by atoms with Crippen molar-refractivity contribution in [3.63, 3.8) is 0 Å². The zero-order valence-electron chi connectivity index (χ0n) is 19.6. The van der Waals surface area contributed by atoms with Gasteiger partial charge in [0, 0.05) is 13.0 Å². The predicted molar refractivity (Wildman–Crippen MR) is 125 cm³/mol. The molecule has 0 aliphatic carbocycles. The molecule has 0 spiro atoms. The molecular weight excluding hydrogens is 358 g/mol. The van der Waals surface area contributed by atoms with E-state index in [1.165, 1.54) is 6.42 Å². The first-order valence-electron chi connectivity index (χ1n) is 11.0. The van der Waals surface area contributed by atoms with Crippen molar-refractivity contribution in [3.05, 3.63) is 59.2 Å². The van der Waals surface area contributed by atoms with Crippen LogP contribution in [-0.2, 0) is 11.8 Å². The van der Waals surface area contributed by atoms with Crippen LogP contribution in [0, 0.1) is 0 Å². The highest BCUT2D eigenvalue weighted by Crippen LogP contribution is 2.35. The Labute approximate surface area is 178 Å². The van der Waals surface area contributed by atoms with Crippen molar-refractivity contribution in [2.24, 2.45) is 0 Å². The van der Waals surface area contributed by atoms with Crippen LogP contribution in [0.2, 0.25) is 0 Å². The smallest absolute Gasteiger partial charge is 0.122 e. The summed E-state index contributed by atoms with van der Waals surface area (Å²) in [5.74, 6) is 1.30. The molecule has 0 radical (unpaired) electrons. The van der Waals surface area contributed by atoms with Gasteiger partial charge in [-0.25, -0.2) is 0 Å². The van der Waals surface area contributed by atoms with Crippen molar-refractivity contribution in [3.8, 4) is 11.5 Å². The van der Waals surface area contributed by atoms with Crippen LogP contribution in [0.5, 0.6) is 11.5 Å². The van der Waals surface area contributed by atoms with Crippen molar-refractivity contribution < 1.29 is 9.84 Å². The number of likely N-dealkylation sites (N-methyl/N-ethyl adjacent to an activating group) is 1. The van der Waals surface area contributed by atoms with E-state index in [0.717, 1.165) is 42.1 Å². The van der Waals surface area contributed by atoms with Crippen LogP contribution >= 0.6 is 0 Å². The Kier molecular flexibility index (Phi) is 10.8. The number of hydrogen-bond donors (Lipinski definition) is 1. The molecule has 0 unspecified atom stereocenters. The summed E-state index contributed by atoms with van der Waals surface area (Å²) in [5.41, 5.74) is 2.94. The lowest BCUT2D eigenvalue weighted by atomic mass is 9.84. The first kappa shape index (κ1) is 25.0. The van der Waals surface area contributed by atoms with Gasteiger partial charge in [-0.3, -0.25) is 0 Å². The highest BCUT2D eigenvalue weighted by atomic mass is 16.5. The third-order valence-corrected chi connectivity index (χ3v) is 4.84. The Morgan fingerprint density at radius 1 is 0.862 bits per heavy atom. The average molecular weight is 400 g/mol. The fraction of sp³-hybridized carbons (Fsp3) is 0.538. The Morgan fingerprint density at radius 3 is 2.03 bits per heavy atom. The van der Waals surface area contributed by atoms with Crippen LogP contribution in [-0.4, -0.2) is 36.2 Å². The van der Waals surface area contributed by atoms with Gasteiger partial charge in [-0.15, -0.1) is 0 Å². The standard InChI is InChI=1S/C23H33NO2.C3H8/c1-6-24(7-2)15-16-26-21-14-9-8-11-18(21)17-19-12-10-13-20(22(19)25)23(3,4)5;1-3-2/h8-14,25H,6-7,15-17H2,1-5H3;3H2,1-2H3. The van der Waals surface area contributed by atoms with E-state index in [1.54, 1.807) is 0 Å². The topological polar surface area (TPSA) is 32.7 Å². The summed E-state index contributed by atoms with van der Waals surface area (Å²) < 4.78 is 6.06. The third kappa shape index (κ3) is 8.10. The lowest BCUT2D eigenvalue weighted by Crippen LogP contribution is -2.28. The molecule has 0 bridgehead atoms. The zero-order chi connectivity index (χ0) is 21.9. The molecule has 3 heteroatoms. The van der Waals surface area contributed by atoms with Gasteiger partial charge in [0.25, 0.3) is 0 Å². The fourth-order valence-corrected chi connectivity index (χ4v) is 3.16. The second-order valence-corrected chi connectivity index (χ2v) is 8.43. The van der Waals surface area contributed by atoms with Crippen LogP contribution in [0.25, 0.3) is 0 Å². The summed E-state index contributed by atoms with van der Waals surface area (Å²) in [5, 5.41) is 10.7. The van der Waals surface area contributed by atoms with Crippen molar-refractivity contribution in [1.82, 2.24) is 4.90 Å². The van der Waals surface area contributed by atoms with Gasteiger partial charge in [0.2, 0.25) is 0 Å². The van der Waals surface area contributed by atoms with Gasteiger partial charge in [-0.1, -0.05) is 91.3 Å². The molecule has 0 heterocycles. The highest BCUT2D eigenvalue weighted by molar-refractivity contribution is 5.47. The van der Waals surface area contributed by atoms with E-state index in [0.29, 0.717) is 18.8 Å². The number of para-hydroxylation sites is 2. The third-order valence-electron chi connectivity index (χ3n) is 4.84. The minimum absolute atomic E-state index is 0.0835. The van der Waals surface area contributed by atoms with Gasteiger partial charge in [-0.05, 0) is 41.3 Å². The maximum absolute atomic E-state index is 10.7. The van der Waals surface area contributed by atoms with Gasteiger partial charge in [0.05, 0.1) is 0 Å². The number of phenolic OH excluding ortho intramolecular Hbond substituents is 1. The largest absolute Gasteiger partial charge is 0.507 e. The second-order valence-electron chi connectivity index (χ2n) is 8.43. The first-order valence-corrected chi connectivity index (χ1v) is 11.0. The molecule has 0 saturated carbocycles. The molecular formula is C26H41NO2. The minimum atomic E-state index is -0.0835. The highest BCUT2D eigenvalue weighted by Gasteiger charge is 2.20. The normalized spacial score (nSPS) is 11.2. The van der Waals surface area contributed by atoms with Gasteiger partial charge < -0.3 is 14.7 Å². The van der Waals surface area contributed by atoms with E-state index < -0.39 is 0 Å². The molecule has 2 aromatic carbocycles. The van der Waals surface area contributed by atoms with Crippen LogP contribution in [0.1, 0.15) is 71.6 Å². The summed E-state index contributed by atoms with van der Waals surface area (Å²) in [6.07, 6.45) is 1.91. The van der Waals surface area contributed by atoms with E-state index in [2.05, 4.69) is 59.4 Å². The van der Waals surface area contributed by atoms with E-state index in [9.17, 15) is 5.11 Å². The van der Waals surface area contributed by atoms with Gasteiger partial charge in [-0.2, -0.15) is 0 Å². The Balaban J connectivity index is 0.00000132. The summed E-state index contributed by atoms with van der Waals surface area (Å²) in [4.78, 5) is 2.35. The van der Waals surface area contributed by atoms with Crippen molar-refractivity contribution in [2.45, 2.75) is 66.7 Å². The van der Waals surface area contributed by atoms with Gasteiger partial charge >= 0.3 is 0 Å². The second kappa shape index (κ2) is 12.5. The maximum atomic E-state index is 10.7. The fourth-order valence-electron chi connectivity index (χ4n) is 3.16. The molecule has 2 rings (SSSR count). The number of hydrogen-bond acceptors (Lipinski definition) is 3. The minimum Gasteiger partial charge on any atom is -0.507 e. The van der Waals surface area contributed by atoms with E-state index in [-0.39, 0.29) is 5.41 Å². The number of ether oxygens (including phenoxy) is 1. The molecule has 3 nitrogen and oxygen atoms in total. The van der Waals surface area contributed by atoms with Crippen LogP contribution in [0.3, 0.4) is 0 Å². The summed E-state index contributed by atoms with van der Waals surface area (Å²) in [6, 6.07) is 14.2. The lowest BCUT2D eigenvalue weighted by Gasteiger charge is -2.22. The summed E-state index contributed by atoms with van der Waals surface area (Å²) in [7, 11) is 0. The predicted octanol–water partition coefficient (Wildman–Crippen LogP) is 6.42. The van der Waals surface area contributed by atoms with Crippen molar-refractivity contribution in [2.75, 3.05) is 26.2 Å². The Bertz CT molecular complexity index is 715. The molecule has 0 aliphatic rings. The number of rotatable bonds is 8. The van der Waals surface area contributed by atoms with Crippen LogP contribution < -0.4 is 4.74 Å².